The van der Waals surface area contributed by atoms with E-state index >= 15 is 0 Å². The molecule has 1 aliphatic rings. The molecule has 0 aromatic heterocycles. The number of carbonyl (C=O) groups excluding carboxylic acids is 2. The van der Waals surface area contributed by atoms with E-state index in [0.717, 1.165) is 29.5 Å². The van der Waals surface area contributed by atoms with E-state index in [1.807, 2.05) is 67.6 Å². The van der Waals surface area contributed by atoms with Crippen molar-refractivity contribution in [2.75, 3.05) is 19.8 Å². The average molecular weight is 664 g/mol. The molecule has 1 amide bonds. The molecule has 1 saturated carbocycles. The lowest BCUT2D eigenvalue weighted by atomic mass is 9.88. The Bertz CT molecular complexity index is 1380. The molecular weight excluding hydrogens is 613 g/mol. The quantitative estimate of drug-likeness (QED) is 0.105. The van der Waals surface area contributed by atoms with Crippen LogP contribution in [0.4, 0.5) is 9.18 Å². The van der Waals surface area contributed by atoms with E-state index in [2.05, 4.69) is 5.32 Å². The van der Waals surface area contributed by atoms with Crippen LogP contribution in [0.1, 0.15) is 63.6 Å². The van der Waals surface area contributed by atoms with Gasteiger partial charge in [0, 0.05) is 13.2 Å². The number of benzene rings is 3. The molecule has 0 aliphatic heterocycles. The van der Waals surface area contributed by atoms with Gasteiger partial charge in [0.1, 0.15) is 18.0 Å². The zero-order valence-corrected chi connectivity index (χ0v) is 28.6. The number of rotatable bonds is 19. The van der Waals surface area contributed by atoms with Crippen molar-refractivity contribution >= 4 is 12.1 Å². The summed E-state index contributed by atoms with van der Waals surface area (Å²) in [6.45, 7) is 8.62. The Morgan fingerprint density at radius 1 is 0.854 bits per heavy atom. The Hall–Kier alpha value is -3.79. The second-order valence-corrected chi connectivity index (χ2v) is 13.5. The highest BCUT2D eigenvalue weighted by atomic mass is 19.1. The van der Waals surface area contributed by atoms with E-state index in [4.69, 9.17) is 23.7 Å². The van der Waals surface area contributed by atoms with E-state index < -0.39 is 23.7 Å². The molecule has 0 radical (unpaired) electrons. The minimum absolute atomic E-state index is 0.0396. The summed E-state index contributed by atoms with van der Waals surface area (Å²) >= 11 is 0. The van der Waals surface area contributed by atoms with E-state index in [1.54, 1.807) is 32.9 Å². The van der Waals surface area contributed by atoms with Crippen molar-refractivity contribution in [2.24, 2.45) is 11.8 Å². The number of esters is 1. The first kappa shape index (κ1) is 37.0. The molecule has 1 fully saturated rings. The fourth-order valence-corrected chi connectivity index (χ4v) is 5.27. The molecular formula is C39H50FNO7. The van der Waals surface area contributed by atoms with E-state index in [0.29, 0.717) is 32.0 Å². The van der Waals surface area contributed by atoms with E-state index in [1.165, 1.54) is 12.1 Å². The molecule has 3 aromatic carbocycles. The number of carbonyl (C=O) groups is 2. The van der Waals surface area contributed by atoms with Gasteiger partial charge in [0.05, 0.1) is 25.4 Å². The summed E-state index contributed by atoms with van der Waals surface area (Å²) in [6, 6.07) is 24.8. The maximum atomic E-state index is 13.8. The minimum Gasteiger partial charge on any atom is -0.459 e. The van der Waals surface area contributed by atoms with Crippen LogP contribution in [-0.4, -0.2) is 55.7 Å². The van der Waals surface area contributed by atoms with Crippen molar-refractivity contribution in [1.82, 2.24) is 5.32 Å². The second-order valence-electron chi connectivity index (χ2n) is 13.5. The third-order valence-electron chi connectivity index (χ3n) is 8.03. The number of alkyl carbamates (subject to hydrolysis) is 1. The molecule has 260 valence electrons. The first-order valence-corrected chi connectivity index (χ1v) is 16.8. The predicted molar refractivity (Wildman–Crippen MR) is 182 cm³/mol. The fourth-order valence-electron chi connectivity index (χ4n) is 5.27. The molecule has 0 heterocycles. The first-order valence-electron chi connectivity index (χ1n) is 16.8. The SMILES string of the molecule is C[C@H](OCc1ccccc1)[C@H](OCC1CC1)[C@H](CCOC[C@H](NC(=O)OC(C)(C)C)C(=O)OCc1ccccc1)Cc1ccc(F)cc1. The molecule has 9 heteroatoms. The molecule has 8 nitrogen and oxygen atoms in total. The van der Waals surface area contributed by atoms with Crippen molar-refractivity contribution in [2.45, 2.75) is 90.4 Å². The van der Waals surface area contributed by atoms with Gasteiger partial charge < -0.3 is 29.0 Å². The Morgan fingerprint density at radius 3 is 2.08 bits per heavy atom. The van der Waals surface area contributed by atoms with Crippen LogP contribution in [0.25, 0.3) is 0 Å². The number of halogens is 1. The molecule has 0 bridgehead atoms. The first-order chi connectivity index (χ1) is 23.1. The summed E-state index contributed by atoms with van der Waals surface area (Å²) in [7, 11) is 0. The van der Waals surface area contributed by atoms with Gasteiger partial charge in [-0.1, -0.05) is 72.8 Å². The lowest BCUT2D eigenvalue weighted by Crippen LogP contribution is -2.47. The zero-order chi connectivity index (χ0) is 34.4. The molecule has 48 heavy (non-hydrogen) atoms. The van der Waals surface area contributed by atoms with Gasteiger partial charge in [-0.05, 0) is 94.0 Å². The van der Waals surface area contributed by atoms with Gasteiger partial charge in [-0.25, -0.2) is 14.0 Å². The molecule has 0 unspecified atom stereocenters. The standard InChI is InChI=1S/C39H50FNO7/c1-28(45-24-30-11-7-5-8-12-30)36(46-25-32-15-16-32)33(23-29-17-19-34(40)20-18-29)21-22-44-27-35(41-38(43)48-39(2,3)4)37(42)47-26-31-13-9-6-10-14-31/h5-14,17-20,28,32-33,35-36H,15-16,21-27H2,1-4H3,(H,41,43)/t28-,33+,35-,36-/m0/s1. The van der Waals surface area contributed by atoms with Crippen LogP contribution in [0.3, 0.4) is 0 Å². The van der Waals surface area contributed by atoms with Crippen molar-refractivity contribution in [3.05, 3.63) is 107 Å². The highest BCUT2D eigenvalue weighted by Crippen LogP contribution is 2.32. The Kier molecular flexibility index (Phi) is 14.4. The molecule has 3 aromatic rings. The lowest BCUT2D eigenvalue weighted by molar-refractivity contribution is -0.149. The predicted octanol–water partition coefficient (Wildman–Crippen LogP) is 7.43. The highest BCUT2D eigenvalue weighted by Gasteiger charge is 2.32. The van der Waals surface area contributed by atoms with Crippen LogP contribution in [0.2, 0.25) is 0 Å². The molecule has 0 spiro atoms. The summed E-state index contributed by atoms with van der Waals surface area (Å²) in [4.78, 5) is 25.7. The van der Waals surface area contributed by atoms with Gasteiger partial charge in [-0.3, -0.25) is 0 Å². The van der Waals surface area contributed by atoms with Gasteiger partial charge in [0.2, 0.25) is 0 Å². The van der Waals surface area contributed by atoms with Crippen molar-refractivity contribution < 1.29 is 37.7 Å². The topological polar surface area (TPSA) is 92.3 Å². The molecule has 4 atom stereocenters. The highest BCUT2D eigenvalue weighted by molar-refractivity contribution is 5.81. The summed E-state index contributed by atoms with van der Waals surface area (Å²) in [5, 5.41) is 2.61. The van der Waals surface area contributed by atoms with Gasteiger partial charge in [0.25, 0.3) is 0 Å². The average Bonchev–Trinajstić information content (AvgIpc) is 3.89. The van der Waals surface area contributed by atoms with Crippen LogP contribution in [0.5, 0.6) is 0 Å². The van der Waals surface area contributed by atoms with Crippen molar-refractivity contribution in [3.8, 4) is 0 Å². The summed E-state index contributed by atoms with van der Waals surface area (Å²) in [6.07, 6.45) is 2.29. The monoisotopic (exact) mass is 663 g/mol. The fraction of sp³-hybridized carbons (Fsp3) is 0.487. The maximum Gasteiger partial charge on any atom is 0.408 e. The van der Waals surface area contributed by atoms with Gasteiger partial charge in [0.15, 0.2) is 6.04 Å². The minimum atomic E-state index is -1.07. The second kappa shape index (κ2) is 18.7. The number of amides is 1. The van der Waals surface area contributed by atoms with Crippen LogP contribution in [-0.2, 0) is 48.1 Å². The number of ether oxygens (including phenoxy) is 5. The molecule has 0 saturated heterocycles. The summed E-state index contributed by atoms with van der Waals surface area (Å²) in [5.41, 5.74) is 2.13. The van der Waals surface area contributed by atoms with Gasteiger partial charge in [-0.15, -0.1) is 0 Å². The van der Waals surface area contributed by atoms with Crippen molar-refractivity contribution in [3.63, 3.8) is 0 Å². The largest absolute Gasteiger partial charge is 0.459 e. The smallest absolute Gasteiger partial charge is 0.408 e. The molecule has 1 N–H and O–H groups in total. The van der Waals surface area contributed by atoms with E-state index in [9.17, 15) is 14.0 Å². The maximum absolute atomic E-state index is 13.8. The van der Waals surface area contributed by atoms with E-state index in [-0.39, 0.29) is 43.8 Å². The number of hydrogen-bond donors (Lipinski definition) is 1. The Labute approximate surface area is 284 Å². The third-order valence-corrected chi connectivity index (χ3v) is 8.03. The van der Waals surface area contributed by atoms with Crippen LogP contribution >= 0.6 is 0 Å². The molecule has 4 rings (SSSR count). The van der Waals surface area contributed by atoms with Crippen LogP contribution in [0, 0.1) is 17.7 Å². The van der Waals surface area contributed by atoms with Crippen LogP contribution < -0.4 is 5.32 Å². The van der Waals surface area contributed by atoms with Crippen molar-refractivity contribution in [1.29, 1.82) is 0 Å². The third kappa shape index (κ3) is 13.7. The van der Waals surface area contributed by atoms with Gasteiger partial charge in [-0.2, -0.15) is 0 Å². The number of nitrogens with one attached hydrogen (secondary N) is 1. The number of hydrogen-bond acceptors (Lipinski definition) is 7. The summed E-state index contributed by atoms with van der Waals surface area (Å²) < 4.78 is 43.7. The van der Waals surface area contributed by atoms with Gasteiger partial charge >= 0.3 is 12.1 Å². The zero-order valence-electron chi connectivity index (χ0n) is 28.6. The Morgan fingerprint density at radius 2 is 1.48 bits per heavy atom. The Balaban J connectivity index is 1.43. The summed E-state index contributed by atoms with van der Waals surface area (Å²) in [5.74, 6) is -0.399. The lowest BCUT2D eigenvalue weighted by Gasteiger charge is -2.32. The molecule has 1 aliphatic carbocycles. The van der Waals surface area contributed by atoms with Crippen LogP contribution in [0.15, 0.2) is 84.9 Å². The normalized spacial score (nSPS) is 15.6.